The number of thiophene rings is 1. The van der Waals surface area contributed by atoms with E-state index in [1.807, 2.05) is 16.8 Å². The van der Waals surface area contributed by atoms with E-state index in [4.69, 9.17) is 4.74 Å². The van der Waals surface area contributed by atoms with Crippen molar-refractivity contribution in [2.45, 2.75) is 32.0 Å². The highest BCUT2D eigenvalue weighted by atomic mass is 32.1. The number of nitrogens with zero attached hydrogens (tertiary/aromatic N) is 2. The van der Waals surface area contributed by atoms with Crippen molar-refractivity contribution in [2.24, 2.45) is 0 Å². The summed E-state index contributed by atoms with van der Waals surface area (Å²) in [6, 6.07) is 6.24. The Morgan fingerprint density at radius 3 is 3.15 bits per heavy atom. The van der Waals surface area contributed by atoms with Gasteiger partial charge in [0.05, 0.1) is 23.7 Å². The van der Waals surface area contributed by atoms with Crippen LogP contribution in [-0.4, -0.2) is 40.2 Å². The first-order valence-electron chi connectivity index (χ1n) is 8.97. The Labute approximate surface area is 160 Å². The Hall–Kier alpha value is -2.45. The zero-order valence-corrected chi connectivity index (χ0v) is 15.6. The summed E-state index contributed by atoms with van der Waals surface area (Å²) >= 11 is 1.61. The summed E-state index contributed by atoms with van der Waals surface area (Å²) in [5.41, 5.74) is 2.40. The number of ether oxygens (including phenoxy) is 1. The van der Waals surface area contributed by atoms with Gasteiger partial charge in [0.1, 0.15) is 11.6 Å². The van der Waals surface area contributed by atoms with Crippen LogP contribution in [-0.2, 0) is 17.8 Å². The second-order valence-electron chi connectivity index (χ2n) is 6.65. The van der Waals surface area contributed by atoms with E-state index in [1.54, 1.807) is 22.3 Å². The molecule has 3 heterocycles. The van der Waals surface area contributed by atoms with E-state index >= 15 is 0 Å². The van der Waals surface area contributed by atoms with Gasteiger partial charge in [-0.2, -0.15) is 11.3 Å². The van der Waals surface area contributed by atoms with Crippen LogP contribution in [0.5, 0.6) is 0 Å². The highest BCUT2D eigenvalue weighted by molar-refractivity contribution is 7.07. The first-order valence-corrected chi connectivity index (χ1v) is 9.91. The molecule has 0 saturated carbocycles. The third-order valence-electron chi connectivity index (χ3n) is 4.59. The molecule has 0 spiro atoms. The predicted molar refractivity (Wildman–Crippen MR) is 102 cm³/mol. The number of carbonyl (C=O) groups is 1. The highest BCUT2D eigenvalue weighted by Gasteiger charge is 2.23. The summed E-state index contributed by atoms with van der Waals surface area (Å²) < 4.78 is 19.0. The van der Waals surface area contributed by atoms with Crippen molar-refractivity contribution in [1.29, 1.82) is 0 Å². The molecule has 1 saturated heterocycles. The third-order valence-corrected chi connectivity index (χ3v) is 5.32. The smallest absolute Gasteiger partial charge is 0.318 e. The Morgan fingerprint density at radius 2 is 2.37 bits per heavy atom. The molecule has 1 aliphatic heterocycles. The molecule has 8 heteroatoms. The number of benzene rings is 1. The minimum absolute atomic E-state index is 0.0866. The van der Waals surface area contributed by atoms with Crippen LogP contribution in [0.4, 0.5) is 9.18 Å². The molecule has 0 unspecified atom stereocenters. The molecule has 1 aromatic carbocycles. The standard InChI is InChI=1S/C19H21FN4O2S/c20-14-3-4-16-17(8-14)23-18(22-16)9-21-19(25)24(10-13-5-7-27-12-13)11-15-2-1-6-26-15/h3-5,7-8,12,15H,1-2,6,9-11H2,(H,21,25)(H,22,23)/t15-/m1/s1. The maximum atomic E-state index is 13.3. The van der Waals surface area contributed by atoms with Crippen LogP contribution in [0.15, 0.2) is 35.0 Å². The minimum atomic E-state index is -0.319. The van der Waals surface area contributed by atoms with Crippen LogP contribution in [0, 0.1) is 5.82 Å². The number of aromatic nitrogens is 2. The molecular weight excluding hydrogens is 367 g/mol. The molecule has 1 atom stereocenters. The summed E-state index contributed by atoms with van der Waals surface area (Å²) in [6.45, 7) is 2.11. The molecule has 2 N–H and O–H groups in total. The van der Waals surface area contributed by atoms with Gasteiger partial charge < -0.3 is 19.9 Å². The van der Waals surface area contributed by atoms with E-state index in [1.165, 1.54) is 12.1 Å². The minimum Gasteiger partial charge on any atom is -0.376 e. The predicted octanol–water partition coefficient (Wildman–Crippen LogP) is 3.65. The third kappa shape index (κ3) is 4.45. The molecule has 0 aliphatic carbocycles. The lowest BCUT2D eigenvalue weighted by atomic mass is 10.2. The van der Waals surface area contributed by atoms with Crippen molar-refractivity contribution >= 4 is 28.4 Å². The van der Waals surface area contributed by atoms with E-state index in [0.29, 0.717) is 29.9 Å². The van der Waals surface area contributed by atoms with Gasteiger partial charge in [-0.25, -0.2) is 14.2 Å². The van der Waals surface area contributed by atoms with Gasteiger partial charge in [-0.15, -0.1) is 0 Å². The lowest BCUT2D eigenvalue weighted by Crippen LogP contribution is -2.43. The number of amides is 2. The normalized spacial score (nSPS) is 16.7. The zero-order valence-electron chi connectivity index (χ0n) is 14.8. The van der Waals surface area contributed by atoms with Crippen molar-refractivity contribution in [2.75, 3.05) is 13.2 Å². The Balaban J connectivity index is 1.41. The van der Waals surface area contributed by atoms with Crippen molar-refractivity contribution < 1.29 is 13.9 Å². The van der Waals surface area contributed by atoms with E-state index < -0.39 is 0 Å². The summed E-state index contributed by atoms with van der Waals surface area (Å²) in [5.74, 6) is 0.275. The summed E-state index contributed by atoms with van der Waals surface area (Å²) in [6.07, 6.45) is 2.10. The van der Waals surface area contributed by atoms with Crippen molar-refractivity contribution in [3.05, 3.63) is 52.2 Å². The molecule has 27 heavy (non-hydrogen) atoms. The molecule has 1 fully saturated rings. The first kappa shape index (κ1) is 17.9. The van der Waals surface area contributed by atoms with E-state index in [-0.39, 0.29) is 24.5 Å². The molecule has 0 bridgehead atoms. The highest BCUT2D eigenvalue weighted by Crippen LogP contribution is 2.17. The Morgan fingerprint density at radius 1 is 1.44 bits per heavy atom. The zero-order chi connectivity index (χ0) is 18.6. The summed E-state index contributed by atoms with van der Waals surface area (Å²) in [4.78, 5) is 22.0. The van der Waals surface area contributed by atoms with Gasteiger partial charge in [0.2, 0.25) is 0 Å². The molecule has 2 aromatic heterocycles. The van der Waals surface area contributed by atoms with Crippen molar-refractivity contribution in [1.82, 2.24) is 20.2 Å². The fraction of sp³-hybridized carbons (Fsp3) is 0.368. The molecule has 2 amide bonds. The quantitative estimate of drug-likeness (QED) is 0.677. The van der Waals surface area contributed by atoms with Gasteiger partial charge in [0.15, 0.2) is 0 Å². The van der Waals surface area contributed by atoms with Crippen LogP contribution in [0.3, 0.4) is 0 Å². The van der Waals surface area contributed by atoms with Gasteiger partial charge in [-0.3, -0.25) is 0 Å². The van der Waals surface area contributed by atoms with E-state index in [0.717, 1.165) is 25.0 Å². The molecule has 1 aliphatic rings. The molecule has 0 radical (unpaired) electrons. The fourth-order valence-corrected chi connectivity index (χ4v) is 3.91. The van der Waals surface area contributed by atoms with Crippen LogP contribution < -0.4 is 5.32 Å². The number of fused-ring (bicyclic) bond motifs is 1. The second-order valence-corrected chi connectivity index (χ2v) is 7.43. The maximum Gasteiger partial charge on any atom is 0.318 e. The lowest BCUT2D eigenvalue weighted by Gasteiger charge is -2.25. The molecule has 4 rings (SSSR count). The van der Waals surface area contributed by atoms with E-state index in [2.05, 4.69) is 15.3 Å². The van der Waals surface area contributed by atoms with Gasteiger partial charge in [-0.05, 0) is 53.4 Å². The molecule has 142 valence electrons. The van der Waals surface area contributed by atoms with Crippen LogP contribution in [0.2, 0.25) is 0 Å². The Bertz CT molecular complexity index is 906. The number of rotatable bonds is 6. The van der Waals surface area contributed by atoms with Gasteiger partial charge in [0, 0.05) is 19.7 Å². The first-order chi connectivity index (χ1) is 13.2. The van der Waals surface area contributed by atoms with Crippen LogP contribution in [0.25, 0.3) is 11.0 Å². The number of hydrogen-bond acceptors (Lipinski definition) is 4. The number of carbonyl (C=O) groups excluding carboxylic acids is 1. The average Bonchev–Trinajstić information content (AvgIpc) is 3.40. The van der Waals surface area contributed by atoms with Crippen molar-refractivity contribution in [3.8, 4) is 0 Å². The van der Waals surface area contributed by atoms with Gasteiger partial charge >= 0.3 is 6.03 Å². The molecular formula is C19H21FN4O2S. The fourth-order valence-electron chi connectivity index (χ4n) is 3.25. The van der Waals surface area contributed by atoms with Crippen LogP contribution in [0.1, 0.15) is 24.2 Å². The number of aromatic amines is 1. The largest absolute Gasteiger partial charge is 0.376 e. The number of hydrogen-bond donors (Lipinski definition) is 2. The summed E-state index contributed by atoms with van der Waals surface area (Å²) in [5, 5.41) is 6.96. The lowest BCUT2D eigenvalue weighted by molar-refractivity contribution is 0.0794. The van der Waals surface area contributed by atoms with Crippen molar-refractivity contribution in [3.63, 3.8) is 0 Å². The number of H-pyrrole nitrogens is 1. The van der Waals surface area contributed by atoms with Crippen LogP contribution >= 0.6 is 11.3 Å². The topological polar surface area (TPSA) is 70.2 Å². The maximum absolute atomic E-state index is 13.3. The SMILES string of the molecule is O=C(NCc1nc2ccc(F)cc2[nH]1)N(Cc1ccsc1)C[C@H]1CCCO1. The second kappa shape index (κ2) is 8.06. The molecule has 3 aromatic rings. The monoisotopic (exact) mass is 388 g/mol. The number of nitrogens with one attached hydrogen (secondary N) is 2. The number of urea groups is 1. The number of halogens is 1. The van der Waals surface area contributed by atoms with E-state index in [9.17, 15) is 9.18 Å². The average molecular weight is 388 g/mol. The number of imidazole rings is 1. The van der Waals surface area contributed by atoms with Gasteiger partial charge in [-0.1, -0.05) is 0 Å². The molecule has 6 nitrogen and oxygen atoms in total. The van der Waals surface area contributed by atoms with Gasteiger partial charge in [0.25, 0.3) is 0 Å². The Kier molecular flexibility index (Phi) is 5.35. The summed E-state index contributed by atoms with van der Waals surface area (Å²) in [7, 11) is 0.